The van der Waals surface area contributed by atoms with Crippen LogP contribution in [-0.2, 0) is 0 Å². The highest BCUT2D eigenvalue weighted by Crippen LogP contribution is 2.16. The van der Waals surface area contributed by atoms with Crippen LogP contribution in [0.15, 0.2) is 42.7 Å². The second-order valence-electron chi connectivity index (χ2n) is 3.62. The first-order valence-corrected chi connectivity index (χ1v) is 5.56. The second kappa shape index (κ2) is 5.42. The van der Waals surface area contributed by atoms with E-state index in [0.717, 1.165) is 11.1 Å². The fourth-order valence-electron chi connectivity index (χ4n) is 1.45. The Morgan fingerprint density at radius 3 is 2.67 bits per heavy atom. The van der Waals surface area contributed by atoms with Crippen LogP contribution >= 0.6 is 11.6 Å². The number of pyridine rings is 1. The van der Waals surface area contributed by atoms with Crippen molar-refractivity contribution in [1.29, 1.82) is 0 Å². The number of nitrogens with zero attached hydrogens (tertiary/aromatic N) is 2. The Labute approximate surface area is 109 Å². The number of rotatable bonds is 3. The maximum absolute atomic E-state index is 10.6. The molecule has 2 rings (SSSR count). The molecule has 0 N–H and O–H groups in total. The van der Waals surface area contributed by atoms with E-state index >= 15 is 0 Å². The Kier molecular flexibility index (Phi) is 3.69. The fraction of sp³-hybridized carbons (Fsp3) is 0. The first kappa shape index (κ1) is 12.3. The van der Waals surface area contributed by atoms with Gasteiger partial charge in [0, 0.05) is 24.5 Å². The van der Waals surface area contributed by atoms with Crippen LogP contribution in [0.1, 0.15) is 11.1 Å². The Balaban J connectivity index is 2.23. The lowest BCUT2D eigenvalue weighted by molar-refractivity contribution is -0.384. The molecule has 5 heteroatoms. The van der Waals surface area contributed by atoms with E-state index in [2.05, 4.69) is 4.98 Å². The first-order chi connectivity index (χ1) is 8.65. The highest BCUT2D eigenvalue weighted by molar-refractivity contribution is 6.30. The number of nitro benzene ring substituents is 1. The van der Waals surface area contributed by atoms with Gasteiger partial charge in [-0.2, -0.15) is 0 Å². The molecule has 0 aliphatic rings. The molecule has 0 fully saturated rings. The number of hydrogen-bond donors (Lipinski definition) is 0. The Bertz CT molecular complexity index is 611. The normalized spacial score (nSPS) is 10.7. The van der Waals surface area contributed by atoms with Gasteiger partial charge in [0.25, 0.3) is 5.69 Å². The van der Waals surface area contributed by atoms with E-state index in [1.54, 1.807) is 42.7 Å². The van der Waals surface area contributed by atoms with Gasteiger partial charge in [0.15, 0.2) is 0 Å². The average Bonchev–Trinajstić information content (AvgIpc) is 2.37. The van der Waals surface area contributed by atoms with E-state index in [1.165, 1.54) is 12.1 Å². The van der Waals surface area contributed by atoms with E-state index in [-0.39, 0.29) is 5.69 Å². The highest BCUT2D eigenvalue weighted by Gasteiger charge is 2.03. The Morgan fingerprint density at radius 2 is 1.94 bits per heavy atom. The van der Waals surface area contributed by atoms with Crippen molar-refractivity contribution in [3.63, 3.8) is 0 Å². The van der Waals surface area contributed by atoms with E-state index < -0.39 is 4.92 Å². The standard InChI is InChI=1S/C13H9ClN2O2/c14-12-6-11(8-15-9-12)5-4-10-2-1-3-13(7-10)16(17)18/h1-9H. The van der Waals surface area contributed by atoms with E-state index in [1.807, 2.05) is 0 Å². The molecule has 1 aromatic carbocycles. The van der Waals surface area contributed by atoms with Crippen molar-refractivity contribution >= 4 is 29.4 Å². The topological polar surface area (TPSA) is 56.0 Å². The number of hydrogen-bond acceptors (Lipinski definition) is 3. The lowest BCUT2D eigenvalue weighted by Gasteiger charge is -1.95. The molecule has 0 amide bonds. The Hall–Kier alpha value is -2.20. The van der Waals surface area contributed by atoms with Gasteiger partial charge in [-0.25, -0.2) is 0 Å². The summed E-state index contributed by atoms with van der Waals surface area (Å²) in [5.41, 5.74) is 1.67. The predicted octanol–water partition coefficient (Wildman–Crippen LogP) is 3.81. The maximum Gasteiger partial charge on any atom is 0.270 e. The molecule has 0 saturated carbocycles. The smallest absolute Gasteiger partial charge is 0.263 e. The molecule has 0 bridgehead atoms. The molecule has 1 heterocycles. The van der Waals surface area contributed by atoms with Crippen LogP contribution in [0.4, 0.5) is 5.69 Å². The van der Waals surface area contributed by atoms with Crippen molar-refractivity contribution in [2.24, 2.45) is 0 Å². The van der Waals surface area contributed by atoms with Crippen LogP contribution in [0.2, 0.25) is 5.02 Å². The van der Waals surface area contributed by atoms with Crippen LogP contribution in [0.3, 0.4) is 0 Å². The molecule has 0 unspecified atom stereocenters. The van der Waals surface area contributed by atoms with Crippen molar-refractivity contribution in [2.75, 3.05) is 0 Å². The van der Waals surface area contributed by atoms with Gasteiger partial charge in [0.05, 0.1) is 9.95 Å². The van der Waals surface area contributed by atoms with Gasteiger partial charge in [-0.3, -0.25) is 15.1 Å². The van der Waals surface area contributed by atoms with Gasteiger partial charge >= 0.3 is 0 Å². The number of non-ortho nitro benzene ring substituents is 1. The van der Waals surface area contributed by atoms with Crippen molar-refractivity contribution in [3.05, 3.63) is 69.0 Å². The molecule has 2 aromatic rings. The summed E-state index contributed by atoms with van der Waals surface area (Å²) in [6.07, 6.45) is 6.80. The minimum atomic E-state index is -0.418. The van der Waals surface area contributed by atoms with Crippen molar-refractivity contribution < 1.29 is 4.92 Å². The first-order valence-electron chi connectivity index (χ1n) is 5.18. The monoisotopic (exact) mass is 260 g/mol. The molecule has 0 atom stereocenters. The predicted molar refractivity (Wildman–Crippen MR) is 71.3 cm³/mol. The number of benzene rings is 1. The molecule has 18 heavy (non-hydrogen) atoms. The van der Waals surface area contributed by atoms with Crippen LogP contribution in [0.25, 0.3) is 12.2 Å². The van der Waals surface area contributed by atoms with Crippen LogP contribution in [0.5, 0.6) is 0 Å². The third kappa shape index (κ3) is 3.15. The highest BCUT2D eigenvalue weighted by atomic mass is 35.5. The molecule has 90 valence electrons. The largest absolute Gasteiger partial charge is 0.270 e. The molecule has 0 spiro atoms. The summed E-state index contributed by atoms with van der Waals surface area (Å²) in [5, 5.41) is 11.2. The zero-order valence-electron chi connectivity index (χ0n) is 9.29. The molecule has 0 saturated heterocycles. The summed E-state index contributed by atoms with van der Waals surface area (Å²) in [7, 11) is 0. The fourth-order valence-corrected chi connectivity index (χ4v) is 1.64. The lowest BCUT2D eigenvalue weighted by Crippen LogP contribution is -1.87. The molecule has 0 radical (unpaired) electrons. The summed E-state index contributed by atoms with van der Waals surface area (Å²) in [6.45, 7) is 0. The molecule has 4 nitrogen and oxygen atoms in total. The molecule has 1 aromatic heterocycles. The minimum Gasteiger partial charge on any atom is -0.263 e. The van der Waals surface area contributed by atoms with Crippen molar-refractivity contribution in [2.45, 2.75) is 0 Å². The third-order valence-corrected chi connectivity index (χ3v) is 2.48. The zero-order chi connectivity index (χ0) is 13.0. The van der Waals surface area contributed by atoms with E-state index in [0.29, 0.717) is 5.02 Å². The van der Waals surface area contributed by atoms with Crippen molar-refractivity contribution in [3.8, 4) is 0 Å². The quantitative estimate of drug-likeness (QED) is 0.623. The lowest BCUT2D eigenvalue weighted by atomic mass is 10.1. The summed E-state index contributed by atoms with van der Waals surface area (Å²) >= 11 is 5.81. The van der Waals surface area contributed by atoms with Crippen LogP contribution in [-0.4, -0.2) is 9.91 Å². The molecular formula is C13H9ClN2O2. The summed E-state index contributed by atoms with van der Waals surface area (Å²) in [6, 6.07) is 8.17. The molecular weight excluding hydrogens is 252 g/mol. The van der Waals surface area contributed by atoms with Gasteiger partial charge < -0.3 is 0 Å². The second-order valence-corrected chi connectivity index (χ2v) is 4.06. The van der Waals surface area contributed by atoms with Crippen molar-refractivity contribution in [1.82, 2.24) is 4.98 Å². The van der Waals surface area contributed by atoms with Gasteiger partial charge in [-0.15, -0.1) is 0 Å². The summed E-state index contributed by atoms with van der Waals surface area (Å²) < 4.78 is 0. The molecule has 0 aliphatic heterocycles. The van der Waals surface area contributed by atoms with Gasteiger partial charge in [0.2, 0.25) is 0 Å². The van der Waals surface area contributed by atoms with E-state index in [9.17, 15) is 10.1 Å². The van der Waals surface area contributed by atoms with Gasteiger partial charge in [0.1, 0.15) is 0 Å². The Morgan fingerprint density at radius 1 is 1.17 bits per heavy atom. The third-order valence-electron chi connectivity index (χ3n) is 2.28. The van der Waals surface area contributed by atoms with Gasteiger partial charge in [-0.05, 0) is 17.2 Å². The zero-order valence-corrected chi connectivity index (χ0v) is 10.0. The van der Waals surface area contributed by atoms with Crippen LogP contribution < -0.4 is 0 Å². The summed E-state index contributed by atoms with van der Waals surface area (Å²) in [4.78, 5) is 14.2. The van der Waals surface area contributed by atoms with E-state index in [4.69, 9.17) is 11.6 Å². The minimum absolute atomic E-state index is 0.0707. The van der Waals surface area contributed by atoms with Crippen LogP contribution in [0, 0.1) is 10.1 Å². The maximum atomic E-state index is 10.6. The number of aromatic nitrogens is 1. The SMILES string of the molecule is O=[N+]([O-])c1cccc(C=Cc2cncc(Cl)c2)c1. The average molecular weight is 261 g/mol. The number of nitro groups is 1. The summed E-state index contributed by atoms with van der Waals surface area (Å²) in [5.74, 6) is 0. The molecule has 0 aliphatic carbocycles. The number of halogens is 1. The van der Waals surface area contributed by atoms with Gasteiger partial charge in [-0.1, -0.05) is 35.9 Å².